The van der Waals surface area contributed by atoms with Gasteiger partial charge < -0.3 is 9.84 Å². The fourth-order valence-electron chi connectivity index (χ4n) is 1.34. The molecule has 1 aliphatic rings. The average Bonchev–Trinajstić information content (AvgIpc) is 2.77. The third-order valence-corrected chi connectivity index (χ3v) is 2.61. The maximum atomic E-state index is 9.73. The Morgan fingerprint density at radius 1 is 1.75 bits per heavy atom. The Bertz CT molecular complexity index is 234. The highest BCUT2D eigenvalue weighted by atomic mass is 32.1. The van der Waals surface area contributed by atoms with E-state index in [4.69, 9.17) is 4.74 Å². The van der Waals surface area contributed by atoms with E-state index in [0.29, 0.717) is 12.3 Å². The first kappa shape index (κ1) is 8.10. The van der Waals surface area contributed by atoms with Gasteiger partial charge in [0.15, 0.2) is 0 Å². The first-order chi connectivity index (χ1) is 5.88. The lowest BCUT2D eigenvalue weighted by Gasteiger charge is -2.12. The van der Waals surface area contributed by atoms with E-state index < -0.39 is 6.10 Å². The van der Waals surface area contributed by atoms with Crippen LogP contribution in [0.3, 0.4) is 0 Å². The molecule has 5 heteroatoms. The number of rotatable bonds is 2. The van der Waals surface area contributed by atoms with E-state index in [0.717, 1.165) is 13.0 Å². The van der Waals surface area contributed by atoms with Crippen molar-refractivity contribution in [2.75, 3.05) is 13.2 Å². The minimum Gasteiger partial charge on any atom is -0.386 e. The summed E-state index contributed by atoms with van der Waals surface area (Å²) in [5, 5.41) is 15.3. The van der Waals surface area contributed by atoms with Crippen molar-refractivity contribution in [1.29, 1.82) is 0 Å². The summed E-state index contributed by atoms with van der Waals surface area (Å²) >= 11 is 1.26. The molecular formula is C7H10N2O2S. The standard InChI is InChI=1S/C7H10N2O2S/c10-7(5-1-2-11-3-5)6-4-12-9-8-6/h4-5,7,10H,1-3H2. The Morgan fingerprint density at radius 2 is 2.67 bits per heavy atom. The van der Waals surface area contributed by atoms with Crippen LogP contribution in [0, 0.1) is 5.92 Å². The summed E-state index contributed by atoms with van der Waals surface area (Å²) in [5.41, 5.74) is 0.676. The van der Waals surface area contributed by atoms with Crippen molar-refractivity contribution < 1.29 is 9.84 Å². The molecule has 2 heterocycles. The van der Waals surface area contributed by atoms with Gasteiger partial charge in [-0.05, 0) is 18.0 Å². The molecule has 0 amide bonds. The number of hydrogen-bond acceptors (Lipinski definition) is 5. The van der Waals surface area contributed by atoms with Crippen LogP contribution in [0.2, 0.25) is 0 Å². The number of aliphatic hydroxyl groups is 1. The van der Waals surface area contributed by atoms with Crippen LogP contribution in [0.1, 0.15) is 18.2 Å². The third kappa shape index (κ3) is 1.48. The number of hydrogen-bond donors (Lipinski definition) is 1. The van der Waals surface area contributed by atoms with Crippen LogP contribution >= 0.6 is 11.5 Å². The minimum atomic E-state index is -0.494. The SMILES string of the molecule is OC(c1csnn1)C1CCOC1. The molecule has 0 aliphatic carbocycles. The highest BCUT2D eigenvalue weighted by Crippen LogP contribution is 2.27. The van der Waals surface area contributed by atoms with Crippen molar-refractivity contribution in [3.63, 3.8) is 0 Å². The van der Waals surface area contributed by atoms with Crippen LogP contribution in [-0.2, 0) is 4.74 Å². The van der Waals surface area contributed by atoms with Crippen LogP contribution in [0.5, 0.6) is 0 Å². The topological polar surface area (TPSA) is 55.2 Å². The van der Waals surface area contributed by atoms with Gasteiger partial charge >= 0.3 is 0 Å². The van der Waals surface area contributed by atoms with Gasteiger partial charge in [0.2, 0.25) is 0 Å². The molecule has 0 bridgehead atoms. The van der Waals surface area contributed by atoms with Crippen molar-refractivity contribution >= 4 is 11.5 Å². The summed E-state index contributed by atoms with van der Waals surface area (Å²) in [6.45, 7) is 1.39. The van der Waals surface area contributed by atoms with E-state index >= 15 is 0 Å². The minimum absolute atomic E-state index is 0.203. The van der Waals surface area contributed by atoms with Crippen molar-refractivity contribution in [2.45, 2.75) is 12.5 Å². The van der Waals surface area contributed by atoms with E-state index in [-0.39, 0.29) is 5.92 Å². The van der Waals surface area contributed by atoms with Gasteiger partial charge in [0.1, 0.15) is 11.8 Å². The molecule has 1 aromatic heterocycles. The molecule has 0 radical (unpaired) electrons. The lowest BCUT2D eigenvalue weighted by Crippen LogP contribution is -2.12. The number of aliphatic hydroxyl groups excluding tert-OH is 1. The van der Waals surface area contributed by atoms with Crippen molar-refractivity contribution in [3.05, 3.63) is 11.1 Å². The lowest BCUT2D eigenvalue weighted by molar-refractivity contribution is 0.0885. The largest absolute Gasteiger partial charge is 0.386 e. The second-order valence-corrected chi connectivity index (χ2v) is 3.51. The predicted octanol–water partition coefficient (Wildman–Crippen LogP) is 0.608. The predicted molar refractivity (Wildman–Crippen MR) is 43.8 cm³/mol. The van der Waals surface area contributed by atoms with Crippen LogP contribution in [0.15, 0.2) is 5.38 Å². The van der Waals surface area contributed by atoms with Gasteiger partial charge in [0.25, 0.3) is 0 Å². The molecule has 2 atom stereocenters. The Kier molecular flexibility index (Phi) is 2.34. The Hall–Kier alpha value is -0.520. The molecular weight excluding hydrogens is 176 g/mol. The second-order valence-electron chi connectivity index (χ2n) is 2.90. The molecule has 12 heavy (non-hydrogen) atoms. The lowest BCUT2D eigenvalue weighted by atomic mass is 10.0. The molecule has 1 aliphatic heterocycles. The third-order valence-electron chi connectivity index (χ3n) is 2.09. The number of nitrogens with zero attached hydrogens (tertiary/aromatic N) is 2. The van der Waals surface area contributed by atoms with Gasteiger partial charge in [0, 0.05) is 17.9 Å². The van der Waals surface area contributed by atoms with E-state index in [9.17, 15) is 5.11 Å². The van der Waals surface area contributed by atoms with E-state index in [1.54, 1.807) is 5.38 Å². The Morgan fingerprint density at radius 3 is 3.25 bits per heavy atom. The van der Waals surface area contributed by atoms with Gasteiger partial charge in [0.05, 0.1) is 6.61 Å². The molecule has 0 aromatic carbocycles. The van der Waals surface area contributed by atoms with Crippen LogP contribution in [0.4, 0.5) is 0 Å². The Labute approximate surface area is 74.3 Å². The molecule has 2 unspecified atom stereocenters. The van der Waals surface area contributed by atoms with Crippen LogP contribution in [0.25, 0.3) is 0 Å². The molecule has 1 fully saturated rings. The van der Waals surface area contributed by atoms with Crippen molar-refractivity contribution in [2.24, 2.45) is 5.92 Å². The first-order valence-electron chi connectivity index (χ1n) is 3.90. The van der Waals surface area contributed by atoms with Crippen molar-refractivity contribution in [3.8, 4) is 0 Å². The van der Waals surface area contributed by atoms with Gasteiger partial charge in [-0.15, -0.1) is 5.10 Å². The molecule has 4 nitrogen and oxygen atoms in total. The molecule has 66 valence electrons. The highest BCUT2D eigenvalue weighted by molar-refractivity contribution is 7.03. The molecule has 0 saturated carbocycles. The summed E-state index contributed by atoms with van der Waals surface area (Å²) in [5.74, 6) is 0.203. The monoisotopic (exact) mass is 186 g/mol. The zero-order chi connectivity index (χ0) is 8.39. The molecule has 1 saturated heterocycles. The average molecular weight is 186 g/mol. The van der Waals surface area contributed by atoms with Crippen LogP contribution < -0.4 is 0 Å². The highest BCUT2D eigenvalue weighted by Gasteiger charge is 2.26. The maximum absolute atomic E-state index is 9.73. The van der Waals surface area contributed by atoms with E-state index in [1.165, 1.54) is 11.5 Å². The summed E-state index contributed by atoms with van der Waals surface area (Å²) in [7, 11) is 0. The van der Waals surface area contributed by atoms with Crippen molar-refractivity contribution in [1.82, 2.24) is 9.59 Å². The molecule has 1 aromatic rings. The number of aromatic nitrogens is 2. The quantitative estimate of drug-likeness (QED) is 0.735. The van der Waals surface area contributed by atoms with Crippen LogP contribution in [-0.4, -0.2) is 27.9 Å². The molecule has 2 rings (SSSR count). The summed E-state index contributed by atoms with van der Waals surface area (Å²) in [6, 6.07) is 0. The smallest absolute Gasteiger partial charge is 0.104 e. The molecule has 0 spiro atoms. The van der Waals surface area contributed by atoms with Gasteiger partial charge in [-0.1, -0.05) is 4.49 Å². The van der Waals surface area contributed by atoms with Gasteiger partial charge in [-0.3, -0.25) is 0 Å². The van der Waals surface area contributed by atoms with E-state index in [1.807, 2.05) is 0 Å². The summed E-state index contributed by atoms with van der Waals surface area (Å²) in [6.07, 6.45) is 0.421. The second kappa shape index (κ2) is 3.47. The van der Waals surface area contributed by atoms with Gasteiger partial charge in [-0.2, -0.15) is 0 Å². The zero-order valence-corrected chi connectivity index (χ0v) is 7.33. The first-order valence-corrected chi connectivity index (χ1v) is 4.74. The van der Waals surface area contributed by atoms with E-state index in [2.05, 4.69) is 9.59 Å². The molecule has 1 N–H and O–H groups in total. The van der Waals surface area contributed by atoms with Gasteiger partial charge in [-0.25, -0.2) is 0 Å². The maximum Gasteiger partial charge on any atom is 0.104 e. The zero-order valence-electron chi connectivity index (χ0n) is 6.51. The normalized spacial score (nSPS) is 25.9. The summed E-state index contributed by atoms with van der Waals surface area (Å²) in [4.78, 5) is 0. The summed E-state index contributed by atoms with van der Waals surface area (Å²) < 4.78 is 8.88. The Balaban J connectivity index is 2.04. The fourth-order valence-corrected chi connectivity index (χ4v) is 1.83. The number of ether oxygens (including phenoxy) is 1. The fraction of sp³-hybridized carbons (Fsp3) is 0.714.